The van der Waals surface area contributed by atoms with E-state index in [4.69, 9.17) is 15.8 Å². The number of nitrogens with zero attached hydrogens (tertiary/aromatic N) is 2. The van der Waals surface area contributed by atoms with Crippen LogP contribution in [0.3, 0.4) is 0 Å². The first-order valence-corrected chi connectivity index (χ1v) is 15.0. The number of ketones is 1. The zero-order valence-electron chi connectivity index (χ0n) is 22.8. The van der Waals surface area contributed by atoms with Crippen molar-refractivity contribution in [3.8, 4) is 5.75 Å². The molecule has 0 N–H and O–H groups in total. The van der Waals surface area contributed by atoms with Crippen LogP contribution in [0.1, 0.15) is 39.6 Å². The fourth-order valence-corrected chi connectivity index (χ4v) is 6.20. The van der Waals surface area contributed by atoms with Crippen molar-refractivity contribution in [2.24, 2.45) is 17.8 Å². The Morgan fingerprint density at radius 2 is 1.55 bits per heavy atom. The molecule has 0 aromatic heterocycles. The van der Waals surface area contributed by atoms with Crippen molar-refractivity contribution < 1.29 is 31.8 Å². The fourth-order valence-electron chi connectivity index (χ4n) is 5.15. The Morgan fingerprint density at radius 3 is 2.17 bits per heavy atom. The van der Waals surface area contributed by atoms with Crippen LogP contribution in [-0.2, 0) is 19.7 Å². The van der Waals surface area contributed by atoms with Gasteiger partial charge in [0.2, 0.25) is 0 Å². The number of halogens is 1. The Morgan fingerprint density at radius 1 is 0.929 bits per heavy atom. The highest BCUT2D eigenvalue weighted by Gasteiger charge is 2.53. The number of amides is 3. The number of allylic oxidation sites excluding steroid dienone is 2. The van der Waals surface area contributed by atoms with E-state index in [0.717, 1.165) is 15.6 Å². The molecule has 0 bridgehead atoms. The van der Waals surface area contributed by atoms with Gasteiger partial charge in [0.15, 0.2) is 5.78 Å². The Bertz CT molecular complexity index is 1680. The highest BCUT2D eigenvalue weighted by molar-refractivity contribution is 7.87. The second kappa shape index (κ2) is 11.5. The van der Waals surface area contributed by atoms with Crippen molar-refractivity contribution in [3.63, 3.8) is 0 Å². The Balaban J connectivity index is 1.39. The smallest absolute Gasteiger partial charge is 0.339 e. The molecule has 11 heteroatoms. The van der Waals surface area contributed by atoms with Crippen molar-refractivity contribution in [2.75, 3.05) is 6.54 Å². The Hall–Kier alpha value is -4.28. The maximum Gasteiger partial charge on any atom is 0.339 e. The number of Topliss-reactive ketones (excluding diaryl/α,β-unsaturated/α-hetero) is 1. The van der Waals surface area contributed by atoms with Gasteiger partial charge in [0.1, 0.15) is 17.2 Å². The van der Waals surface area contributed by atoms with Crippen LogP contribution < -0.4 is 4.18 Å². The molecule has 1 aliphatic carbocycles. The minimum absolute atomic E-state index is 0.0170. The summed E-state index contributed by atoms with van der Waals surface area (Å²) in [6, 6.07) is 17.4. The van der Waals surface area contributed by atoms with Crippen molar-refractivity contribution in [3.05, 3.63) is 107 Å². The second-order valence-electron chi connectivity index (χ2n) is 10.3. The van der Waals surface area contributed by atoms with E-state index in [1.165, 1.54) is 60.7 Å². The summed E-state index contributed by atoms with van der Waals surface area (Å²) in [7, 11) is -4.10. The molecule has 1 heterocycles. The molecule has 216 valence electrons. The molecule has 3 amide bonds. The lowest BCUT2D eigenvalue weighted by molar-refractivity contribution is -0.154. The van der Waals surface area contributed by atoms with Crippen molar-refractivity contribution >= 4 is 45.2 Å². The number of imide groups is 1. The van der Waals surface area contributed by atoms with Crippen LogP contribution in [0.25, 0.3) is 0 Å². The van der Waals surface area contributed by atoms with E-state index in [9.17, 15) is 27.6 Å². The van der Waals surface area contributed by atoms with Crippen LogP contribution in [0.5, 0.6) is 5.75 Å². The first-order valence-electron chi connectivity index (χ1n) is 13.2. The molecule has 0 radical (unpaired) electrons. The molecule has 1 fully saturated rings. The van der Waals surface area contributed by atoms with Gasteiger partial charge in [0, 0.05) is 16.1 Å². The third-order valence-corrected chi connectivity index (χ3v) is 8.92. The summed E-state index contributed by atoms with van der Waals surface area (Å²) >= 11 is 5.97. The number of carbonyl (C=O) groups excluding carboxylic acids is 4. The predicted molar refractivity (Wildman–Crippen MR) is 154 cm³/mol. The molecule has 5 rings (SSSR count). The molecule has 42 heavy (non-hydrogen) atoms. The molecule has 3 aromatic carbocycles. The third-order valence-electron chi connectivity index (χ3n) is 7.40. The van der Waals surface area contributed by atoms with Crippen LogP contribution in [-0.4, -0.2) is 48.5 Å². The molecule has 2 aliphatic rings. The zero-order chi connectivity index (χ0) is 30.2. The summed E-state index contributed by atoms with van der Waals surface area (Å²) in [6.07, 6.45) is 4.08. The van der Waals surface area contributed by atoms with Gasteiger partial charge in [0.25, 0.3) is 17.7 Å². The largest absolute Gasteiger partial charge is 0.379 e. The van der Waals surface area contributed by atoms with Crippen LogP contribution in [0.4, 0.5) is 0 Å². The minimum Gasteiger partial charge on any atom is -0.379 e. The van der Waals surface area contributed by atoms with E-state index in [2.05, 4.69) is 0 Å². The Kier molecular flexibility index (Phi) is 8.03. The number of benzene rings is 3. The summed E-state index contributed by atoms with van der Waals surface area (Å²) < 4.78 is 30.5. The lowest BCUT2D eigenvalue weighted by atomic mass is 9.78. The van der Waals surface area contributed by atoms with Crippen molar-refractivity contribution in [2.45, 2.75) is 25.2 Å². The number of fused-ring (bicyclic) bond motifs is 1. The zero-order valence-corrected chi connectivity index (χ0v) is 24.3. The van der Waals surface area contributed by atoms with Crippen LogP contribution in [0.2, 0.25) is 5.02 Å². The minimum atomic E-state index is -4.10. The topological polar surface area (TPSA) is 118 Å². The van der Waals surface area contributed by atoms with E-state index in [-0.39, 0.29) is 27.7 Å². The molecular weight excluding hydrogens is 580 g/mol. The van der Waals surface area contributed by atoms with Gasteiger partial charge in [-0.3, -0.25) is 19.2 Å². The molecule has 1 aliphatic heterocycles. The lowest BCUT2D eigenvalue weighted by Gasteiger charge is -2.30. The van der Waals surface area contributed by atoms with E-state index in [0.29, 0.717) is 11.4 Å². The quantitative estimate of drug-likeness (QED) is 0.156. The summed E-state index contributed by atoms with van der Waals surface area (Å²) in [5, 5.41) is 2.08. The maximum atomic E-state index is 13.6. The summed E-state index contributed by atoms with van der Waals surface area (Å²) in [5.74, 6) is -3.86. The van der Waals surface area contributed by atoms with Crippen LogP contribution >= 0.6 is 11.6 Å². The van der Waals surface area contributed by atoms with Gasteiger partial charge < -0.3 is 4.18 Å². The predicted octanol–water partition coefficient (Wildman–Crippen LogP) is 4.85. The highest BCUT2D eigenvalue weighted by Crippen LogP contribution is 2.39. The standard InChI is InChI=1S/C31H27ClN2O7S/c1-19-6-16-25(17-7-19)42(39,40)41-24-14-10-21(11-15-24)27(35)18-33(29(36)22-8-12-23(32)13-9-22)34-30(37)26-5-3-4-20(2)28(26)31(34)38/h3-4,6-17,20,26,28H,5,18H2,1-2H3/t20-,26-,28-/m1/s1. The van der Waals surface area contributed by atoms with E-state index < -0.39 is 52.0 Å². The third kappa shape index (κ3) is 5.73. The van der Waals surface area contributed by atoms with E-state index in [1.807, 2.05) is 26.0 Å². The molecule has 0 spiro atoms. The first kappa shape index (κ1) is 29.2. The summed E-state index contributed by atoms with van der Waals surface area (Å²) in [4.78, 5) is 54.0. The van der Waals surface area contributed by atoms with Gasteiger partial charge in [-0.25, -0.2) is 5.01 Å². The molecule has 1 saturated heterocycles. The molecule has 3 aromatic rings. The van der Waals surface area contributed by atoms with Crippen molar-refractivity contribution in [1.29, 1.82) is 0 Å². The van der Waals surface area contributed by atoms with E-state index >= 15 is 0 Å². The van der Waals surface area contributed by atoms with Crippen molar-refractivity contribution in [1.82, 2.24) is 10.0 Å². The first-order chi connectivity index (χ1) is 20.0. The van der Waals surface area contributed by atoms with Gasteiger partial charge in [-0.15, -0.1) is 0 Å². The number of hydrogen-bond donors (Lipinski definition) is 0. The van der Waals surface area contributed by atoms with Gasteiger partial charge in [-0.1, -0.05) is 48.4 Å². The number of carbonyl (C=O) groups is 4. The number of rotatable bonds is 8. The average Bonchev–Trinajstić information content (AvgIpc) is 3.22. The van der Waals surface area contributed by atoms with Gasteiger partial charge >= 0.3 is 10.1 Å². The van der Waals surface area contributed by atoms with Gasteiger partial charge in [-0.2, -0.15) is 13.4 Å². The summed E-state index contributed by atoms with van der Waals surface area (Å²) in [5.41, 5.74) is 1.15. The second-order valence-corrected chi connectivity index (χ2v) is 12.3. The maximum absolute atomic E-state index is 13.6. The molecule has 0 unspecified atom stereocenters. The SMILES string of the molecule is Cc1ccc(S(=O)(=O)Oc2ccc(C(=O)CN(C(=O)c3ccc(Cl)cc3)N3C(=O)[C@@H]4[C@H](C)C=CC[C@H]4C3=O)cc2)cc1. The summed E-state index contributed by atoms with van der Waals surface area (Å²) in [6.45, 7) is 3.06. The molecule has 3 atom stereocenters. The van der Waals surface area contributed by atoms with Gasteiger partial charge in [-0.05, 0) is 79.9 Å². The Labute approximate surface area is 248 Å². The molecule has 0 saturated carbocycles. The van der Waals surface area contributed by atoms with E-state index in [1.54, 1.807) is 12.1 Å². The molecular formula is C31H27ClN2O7S. The normalized spacial score (nSPS) is 19.9. The van der Waals surface area contributed by atoms with Crippen LogP contribution in [0, 0.1) is 24.7 Å². The van der Waals surface area contributed by atoms with Gasteiger partial charge in [0.05, 0.1) is 11.8 Å². The number of hydrogen-bond acceptors (Lipinski definition) is 7. The van der Waals surface area contributed by atoms with Crippen LogP contribution in [0.15, 0.2) is 89.8 Å². The average molecular weight is 607 g/mol. The lowest BCUT2D eigenvalue weighted by Crippen LogP contribution is -2.52. The molecule has 9 nitrogen and oxygen atoms in total. The fraction of sp³-hybridized carbons (Fsp3) is 0.226. The number of hydrazine groups is 1. The monoisotopic (exact) mass is 606 g/mol. The highest BCUT2D eigenvalue weighted by atomic mass is 35.5. The number of aryl methyl sites for hydroxylation is 1.